The van der Waals surface area contributed by atoms with Gasteiger partial charge in [0.05, 0.1) is 13.2 Å². The van der Waals surface area contributed by atoms with Crippen molar-refractivity contribution in [1.82, 2.24) is 5.32 Å². The number of amidine groups is 1. The first kappa shape index (κ1) is 13.7. The van der Waals surface area contributed by atoms with Crippen molar-refractivity contribution >= 4 is 22.9 Å². The van der Waals surface area contributed by atoms with Gasteiger partial charge in [0.2, 0.25) is 0 Å². The van der Waals surface area contributed by atoms with Crippen molar-refractivity contribution < 1.29 is 9.53 Å². The number of carbonyl (C=O) groups is 1. The highest BCUT2D eigenvalue weighted by molar-refractivity contribution is 8.13. The third kappa shape index (κ3) is 2.99. The number of aliphatic imine (C=N–C) groups is 1. The molecule has 1 N–H and O–H groups in total. The Morgan fingerprint density at radius 3 is 2.94 bits per heavy atom. The Balaban J connectivity index is 2.01. The van der Waals surface area contributed by atoms with Crippen LogP contribution in [0, 0.1) is 11.8 Å². The lowest BCUT2D eigenvalue weighted by atomic mass is 10.1. The lowest BCUT2D eigenvalue weighted by Gasteiger charge is -2.27. The summed E-state index contributed by atoms with van der Waals surface area (Å²) in [6.07, 6.45) is 3.79. The van der Waals surface area contributed by atoms with Crippen molar-refractivity contribution in [3.63, 3.8) is 0 Å². The predicted molar refractivity (Wildman–Crippen MR) is 74.8 cm³/mol. The third-order valence-corrected chi connectivity index (χ3v) is 4.83. The second-order valence-electron chi connectivity index (χ2n) is 5.39. The SMILES string of the molecule is COC(=O)C(NC1=NC2CCCC2CS1)C(C)C. The fourth-order valence-corrected chi connectivity index (χ4v) is 3.77. The molecule has 0 spiro atoms. The molecule has 1 aliphatic carbocycles. The Labute approximate surface area is 113 Å². The molecule has 1 aliphatic heterocycles. The Morgan fingerprint density at radius 2 is 2.28 bits per heavy atom. The molecular weight excluding hydrogens is 248 g/mol. The number of carbonyl (C=O) groups excluding carboxylic acids is 1. The van der Waals surface area contributed by atoms with Crippen molar-refractivity contribution in [3.8, 4) is 0 Å². The van der Waals surface area contributed by atoms with E-state index in [-0.39, 0.29) is 17.9 Å². The molecule has 0 amide bonds. The number of rotatable bonds is 3. The van der Waals surface area contributed by atoms with Crippen LogP contribution in [0.1, 0.15) is 33.1 Å². The first-order chi connectivity index (χ1) is 8.61. The largest absolute Gasteiger partial charge is 0.467 e. The fourth-order valence-electron chi connectivity index (χ4n) is 2.59. The van der Waals surface area contributed by atoms with Gasteiger partial charge in [0.15, 0.2) is 5.17 Å². The molecule has 1 fully saturated rings. The first-order valence-electron chi connectivity index (χ1n) is 6.66. The lowest BCUT2D eigenvalue weighted by Crippen LogP contribution is -2.45. The maximum absolute atomic E-state index is 11.7. The first-order valence-corrected chi connectivity index (χ1v) is 7.65. The molecule has 3 unspecified atom stereocenters. The summed E-state index contributed by atoms with van der Waals surface area (Å²) in [6, 6.07) is 0.179. The number of hydrogen-bond acceptors (Lipinski definition) is 5. The molecule has 1 saturated carbocycles. The van der Waals surface area contributed by atoms with E-state index in [1.807, 2.05) is 13.8 Å². The summed E-state index contributed by atoms with van der Waals surface area (Å²) in [5, 5.41) is 4.18. The van der Waals surface area contributed by atoms with E-state index >= 15 is 0 Å². The number of fused-ring (bicyclic) bond motifs is 1. The molecule has 3 atom stereocenters. The zero-order chi connectivity index (χ0) is 13.1. The zero-order valence-electron chi connectivity index (χ0n) is 11.3. The minimum absolute atomic E-state index is 0.196. The monoisotopic (exact) mass is 270 g/mol. The maximum Gasteiger partial charge on any atom is 0.328 e. The van der Waals surface area contributed by atoms with Gasteiger partial charge >= 0.3 is 5.97 Å². The second-order valence-corrected chi connectivity index (χ2v) is 6.40. The van der Waals surface area contributed by atoms with Crippen molar-refractivity contribution in [1.29, 1.82) is 0 Å². The molecule has 0 aromatic carbocycles. The summed E-state index contributed by atoms with van der Waals surface area (Å²) in [5.74, 6) is 1.86. The molecule has 4 nitrogen and oxygen atoms in total. The van der Waals surface area contributed by atoms with E-state index in [4.69, 9.17) is 9.73 Å². The van der Waals surface area contributed by atoms with E-state index in [1.165, 1.54) is 26.4 Å². The second kappa shape index (κ2) is 5.95. The van der Waals surface area contributed by atoms with Gasteiger partial charge in [-0.15, -0.1) is 0 Å². The summed E-state index contributed by atoms with van der Waals surface area (Å²) < 4.78 is 4.84. The van der Waals surface area contributed by atoms with Gasteiger partial charge in [0.1, 0.15) is 6.04 Å². The number of thioether (sulfide) groups is 1. The number of nitrogens with zero attached hydrogens (tertiary/aromatic N) is 1. The number of esters is 1. The summed E-state index contributed by atoms with van der Waals surface area (Å²) >= 11 is 1.74. The van der Waals surface area contributed by atoms with Gasteiger partial charge in [-0.05, 0) is 24.7 Å². The minimum atomic E-state index is -0.292. The van der Waals surface area contributed by atoms with Crippen molar-refractivity contribution in [2.75, 3.05) is 12.9 Å². The summed E-state index contributed by atoms with van der Waals surface area (Å²) in [4.78, 5) is 16.4. The van der Waals surface area contributed by atoms with Crippen molar-refractivity contribution in [2.45, 2.75) is 45.2 Å². The van der Waals surface area contributed by atoms with Crippen LogP contribution in [-0.2, 0) is 9.53 Å². The van der Waals surface area contributed by atoms with E-state index in [0.29, 0.717) is 6.04 Å². The zero-order valence-corrected chi connectivity index (χ0v) is 12.1. The van der Waals surface area contributed by atoms with Crippen LogP contribution in [0.15, 0.2) is 4.99 Å². The number of nitrogens with one attached hydrogen (secondary N) is 1. The van der Waals surface area contributed by atoms with Crippen molar-refractivity contribution in [3.05, 3.63) is 0 Å². The topological polar surface area (TPSA) is 50.7 Å². The molecule has 18 heavy (non-hydrogen) atoms. The predicted octanol–water partition coefficient (Wildman–Crippen LogP) is 2.05. The molecule has 5 heteroatoms. The Morgan fingerprint density at radius 1 is 1.50 bits per heavy atom. The van der Waals surface area contributed by atoms with Crippen LogP contribution in [0.2, 0.25) is 0 Å². The maximum atomic E-state index is 11.7. The van der Waals surface area contributed by atoms with Crippen LogP contribution in [0.5, 0.6) is 0 Å². The molecule has 0 saturated heterocycles. The highest BCUT2D eigenvalue weighted by Gasteiger charge is 2.32. The van der Waals surface area contributed by atoms with Crippen LogP contribution in [0.25, 0.3) is 0 Å². The summed E-state index contributed by atoms with van der Waals surface area (Å²) in [5.41, 5.74) is 0. The highest BCUT2D eigenvalue weighted by atomic mass is 32.2. The molecule has 102 valence electrons. The molecule has 0 aromatic rings. The van der Waals surface area contributed by atoms with Crippen LogP contribution < -0.4 is 5.32 Å². The molecular formula is C13H22N2O2S. The standard InChI is InChI=1S/C13H22N2O2S/c1-8(2)11(12(16)17-3)15-13-14-10-6-4-5-9(10)7-18-13/h8-11H,4-7H2,1-3H3,(H,14,15). The smallest absolute Gasteiger partial charge is 0.328 e. The number of ether oxygens (including phenoxy) is 1. The average molecular weight is 270 g/mol. The molecule has 2 rings (SSSR count). The number of methoxy groups -OCH3 is 1. The van der Waals surface area contributed by atoms with E-state index in [1.54, 1.807) is 11.8 Å². The van der Waals surface area contributed by atoms with E-state index in [2.05, 4.69) is 5.32 Å². The fraction of sp³-hybridized carbons (Fsp3) is 0.846. The lowest BCUT2D eigenvalue weighted by molar-refractivity contribution is -0.143. The molecule has 0 radical (unpaired) electrons. The van der Waals surface area contributed by atoms with Gasteiger partial charge in [0.25, 0.3) is 0 Å². The summed E-state index contributed by atoms with van der Waals surface area (Å²) in [6.45, 7) is 4.03. The van der Waals surface area contributed by atoms with Gasteiger partial charge < -0.3 is 10.1 Å². The van der Waals surface area contributed by atoms with Gasteiger partial charge in [-0.1, -0.05) is 32.0 Å². The molecule has 0 bridgehead atoms. The van der Waals surface area contributed by atoms with Gasteiger partial charge in [0, 0.05) is 5.75 Å². The Kier molecular flexibility index (Phi) is 4.54. The van der Waals surface area contributed by atoms with E-state index < -0.39 is 0 Å². The third-order valence-electron chi connectivity index (χ3n) is 3.74. The van der Waals surface area contributed by atoms with Crippen molar-refractivity contribution in [2.24, 2.45) is 16.8 Å². The van der Waals surface area contributed by atoms with Crippen LogP contribution >= 0.6 is 11.8 Å². The average Bonchev–Trinajstić information content (AvgIpc) is 2.82. The minimum Gasteiger partial charge on any atom is -0.467 e. The molecule has 0 aromatic heterocycles. The normalized spacial score (nSPS) is 28.6. The summed E-state index contributed by atoms with van der Waals surface area (Å²) in [7, 11) is 1.43. The quantitative estimate of drug-likeness (QED) is 0.797. The van der Waals surface area contributed by atoms with Gasteiger partial charge in [-0.3, -0.25) is 4.99 Å². The Hall–Kier alpha value is -0.710. The Bertz CT molecular complexity index is 344. The van der Waals surface area contributed by atoms with E-state index in [0.717, 1.165) is 16.8 Å². The van der Waals surface area contributed by atoms with Gasteiger partial charge in [-0.25, -0.2) is 4.79 Å². The van der Waals surface area contributed by atoms with Crippen LogP contribution in [-0.4, -0.2) is 36.1 Å². The van der Waals surface area contributed by atoms with Gasteiger partial charge in [-0.2, -0.15) is 0 Å². The highest BCUT2D eigenvalue weighted by Crippen LogP contribution is 2.35. The van der Waals surface area contributed by atoms with Crippen LogP contribution in [0.4, 0.5) is 0 Å². The van der Waals surface area contributed by atoms with E-state index in [9.17, 15) is 4.79 Å². The molecule has 1 heterocycles. The molecule has 2 aliphatic rings. The number of hydrogen-bond donors (Lipinski definition) is 1. The van der Waals surface area contributed by atoms with Crippen LogP contribution in [0.3, 0.4) is 0 Å².